The predicted octanol–water partition coefficient (Wildman–Crippen LogP) is 5.10. The van der Waals surface area contributed by atoms with Gasteiger partial charge in [0.25, 0.3) is 0 Å². The van der Waals surface area contributed by atoms with Crippen LogP contribution in [0.25, 0.3) is 20.9 Å². The number of hydrogen-bond donors (Lipinski definition) is 1. The summed E-state index contributed by atoms with van der Waals surface area (Å²) in [4.78, 5) is 35.6. The molecule has 3 heterocycles. The van der Waals surface area contributed by atoms with Crippen LogP contribution in [0.5, 0.6) is 0 Å². The van der Waals surface area contributed by atoms with E-state index in [2.05, 4.69) is 20.1 Å². The molecule has 264 valence electrons. The molecule has 0 aromatic heterocycles. The standard InChI is InChI=1S/C31H46N6O8.CO2/c1-8-21-25(38)15(3)24(35-37-33)30(42-21)44-26-17(5)28(43-29(39)20-13-11-10-12-14-20)31(41-19(26)7)45-27-16(4)23(34-36-32)18(6)40-22(27)9-2;2-1-3/h10-19,21-28,30-31,38H,8-9H2,1-7H3;/t15-,16-,17+,18-,19?,21+,22?,23?,24?,25+,26+,27+,28?,30-,31-;/m1./s1. The Kier molecular flexibility index (Phi) is 14.8. The number of rotatable bonds is 10. The van der Waals surface area contributed by atoms with Crippen LogP contribution in [0.2, 0.25) is 0 Å². The Morgan fingerprint density at radius 3 is 1.96 bits per heavy atom. The molecule has 1 aromatic carbocycles. The fraction of sp³-hybridized carbons (Fsp3) is 0.750. The fourth-order valence-electron chi connectivity index (χ4n) is 6.80. The number of aliphatic hydroxyl groups excluding tert-OH is 1. The first-order valence-corrected chi connectivity index (χ1v) is 16.3. The highest BCUT2D eigenvalue weighted by Gasteiger charge is 2.52. The lowest BCUT2D eigenvalue weighted by atomic mass is 9.85. The number of hydrogen-bond acceptors (Lipinski definition) is 12. The summed E-state index contributed by atoms with van der Waals surface area (Å²) in [5, 5.41) is 18.6. The molecule has 3 fully saturated rings. The molecule has 48 heavy (non-hydrogen) atoms. The van der Waals surface area contributed by atoms with Gasteiger partial charge in [-0.3, -0.25) is 0 Å². The van der Waals surface area contributed by atoms with Crippen LogP contribution in [0.1, 0.15) is 71.7 Å². The first-order valence-electron chi connectivity index (χ1n) is 16.3. The van der Waals surface area contributed by atoms with Crippen molar-refractivity contribution in [3.8, 4) is 0 Å². The Bertz CT molecular complexity index is 1320. The number of carbonyl (C=O) groups is 1. The molecule has 3 aliphatic rings. The normalized spacial score (nSPS) is 39.3. The maximum Gasteiger partial charge on any atom is 0.373 e. The van der Waals surface area contributed by atoms with E-state index in [1.165, 1.54) is 0 Å². The SMILES string of the molecule is CCC1O[C@H](C)C(N=[N+]=[N-])[C@@H](C)[C@@H]1O[C@H]1OC(C)[C@@H](O[C@H]2O[C@@H](CC)[C@@H](O)[C@H](C)C2N=[N+]=[N-])[C@H](C)C1OC(=O)c1ccccc1.O=C=O. The van der Waals surface area contributed by atoms with Gasteiger partial charge in [0.05, 0.1) is 60.4 Å². The minimum absolute atomic E-state index is 0.220. The quantitative estimate of drug-likeness (QED) is 0.149. The average Bonchev–Trinajstić information content (AvgIpc) is 3.07. The van der Waals surface area contributed by atoms with Gasteiger partial charge in [0, 0.05) is 15.7 Å². The first kappa shape index (κ1) is 38.9. The van der Waals surface area contributed by atoms with E-state index in [1.807, 2.05) is 47.6 Å². The summed E-state index contributed by atoms with van der Waals surface area (Å²) in [6, 6.07) is 7.37. The molecule has 16 heteroatoms. The number of azide groups is 2. The zero-order valence-corrected chi connectivity index (χ0v) is 28.3. The van der Waals surface area contributed by atoms with E-state index in [4.69, 9.17) is 38.0 Å². The third kappa shape index (κ3) is 8.91. The number of aliphatic hydroxyl groups is 1. The van der Waals surface area contributed by atoms with Gasteiger partial charge in [0.1, 0.15) is 0 Å². The molecule has 1 aromatic rings. The van der Waals surface area contributed by atoms with Crippen LogP contribution in [0.15, 0.2) is 40.6 Å². The lowest BCUT2D eigenvalue weighted by molar-refractivity contribution is -0.341. The van der Waals surface area contributed by atoms with Gasteiger partial charge in [-0.05, 0) is 61.7 Å². The molecule has 0 bridgehead atoms. The molecular formula is C32H46N6O10. The second-order valence-corrected chi connectivity index (χ2v) is 12.4. The van der Waals surface area contributed by atoms with Crippen molar-refractivity contribution in [1.29, 1.82) is 0 Å². The highest BCUT2D eigenvalue weighted by molar-refractivity contribution is 5.89. The number of carbonyl (C=O) groups excluding carboxylic acids is 3. The molecule has 4 rings (SSSR count). The highest BCUT2D eigenvalue weighted by atomic mass is 16.7. The van der Waals surface area contributed by atoms with Crippen molar-refractivity contribution in [2.45, 2.75) is 135 Å². The van der Waals surface area contributed by atoms with Crippen molar-refractivity contribution in [2.75, 3.05) is 0 Å². The monoisotopic (exact) mass is 674 g/mol. The van der Waals surface area contributed by atoms with E-state index in [9.17, 15) is 21.0 Å². The Labute approximate surface area is 279 Å². The molecule has 5 unspecified atom stereocenters. The van der Waals surface area contributed by atoms with Gasteiger partial charge in [0.15, 0.2) is 18.7 Å². The van der Waals surface area contributed by atoms with Gasteiger partial charge < -0.3 is 33.5 Å². The summed E-state index contributed by atoms with van der Waals surface area (Å²) in [6.07, 6.45) is -5.19. The third-order valence-electron chi connectivity index (χ3n) is 9.47. The Morgan fingerprint density at radius 2 is 1.38 bits per heavy atom. The number of benzene rings is 1. The predicted molar refractivity (Wildman–Crippen MR) is 168 cm³/mol. The molecule has 3 aliphatic heterocycles. The van der Waals surface area contributed by atoms with Crippen molar-refractivity contribution in [2.24, 2.45) is 28.0 Å². The zero-order chi connectivity index (χ0) is 35.5. The second-order valence-electron chi connectivity index (χ2n) is 12.4. The first-order chi connectivity index (χ1) is 23.0. The van der Waals surface area contributed by atoms with Crippen LogP contribution in [0.3, 0.4) is 0 Å². The van der Waals surface area contributed by atoms with Crippen molar-refractivity contribution < 1.29 is 47.9 Å². The average molecular weight is 675 g/mol. The second kappa shape index (κ2) is 18.3. The van der Waals surface area contributed by atoms with E-state index < -0.39 is 79.1 Å². The molecule has 0 aliphatic carbocycles. The number of nitrogens with zero attached hydrogens (tertiary/aromatic N) is 6. The van der Waals surface area contributed by atoms with Crippen molar-refractivity contribution in [3.63, 3.8) is 0 Å². The Balaban J connectivity index is 0.00000201. The summed E-state index contributed by atoms with van der Waals surface area (Å²) in [7, 11) is 0. The van der Waals surface area contributed by atoms with E-state index in [0.717, 1.165) is 0 Å². The third-order valence-corrected chi connectivity index (χ3v) is 9.47. The minimum atomic E-state index is -1.00. The lowest BCUT2D eigenvalue weighted by Gasteiger charge is -2.50. The van der Waals surface area contributed by atoms with Gasteiger partial charge in [-0.2, -0.15) is 9.59 Å². The van der Waals surface area contributed by atoms with Gasteiger partial charge in [-0.25, -0.2) is 4.79 Å². The van der Waals surface area contributed by atoms with Gasteiger partial charge >= 0.3 is 12.1 Å². The van der Waals surface area contributed by atoms with Crippen LogP contribution in [0, 0.1) is 17.8 Å². The maximum atomic E-state index is 13.4. The molecule has 3 saturated heterocycles. The summed E-state index contributed by atoms with van der Waals surface area (Å²) in [6.45, 7) is 13.2. The number of esters is 1. The molecule has 0 radical (unpaired) electrons. The Hall–Kier alpha value is -3.55. The van der Waals surface area contributed by atoms with Crippen LogP contribution < -0.4 is 0 Å². The topological polar surface area (TPSA) is 224 Å². The largest absolute Gasteiger partial charge is 0.453 e. The molecule has 0 spiro atoms. The molecule has 15 atom stereocenters. The molecule has 1 N–H and O–H groups in total. The van der Waals surface area contributed by atoms with Gasteiger partial charge in [-0.1, -0.05) is 63.0 Å². The molecular weight excluding hydrogens is 628 g/mol. The van der Waals surface area contributed by atoms with Crippen molar-refractivity contribution in [1.82, 2.24) is 0 Å². The van der Waals surface area contributed by atoms with Crippen LogP contribution in [0.4, 0.5) is 0 Å². The molecule has 0 saturated carbocycles. The van der Waals surface area contributed by atoms with Crippen LogP contribution >= 0.6 is 0 Å². The molecule has 0 amide bonds. The molecule has 16 nitrogen and oxygen atoms in total. The minimum Gasteiger partial charge on any atom is -0.453 e. The number of ether oxygens (including phenoxy) is 6. The summed E-state index contributed by atoms with van der Waals surface area (Å²) in [5.74, 6) is -1.67. The van der Waals surface area contributed by atoms with Crippen LogP contribution in [-0.4, -0.2) is 90.7 Å². The smallest absolute Gasteiger partial charge is 0.373 e. The van der Waals surface area contributed by atoms with Gasteiger partial charge in [-0.15, -0.1) is 0 Å². The summed E-state index contributed by atoms with van der Waals surface area (Å²) >= 11 is 0. The highest BCUT2D eigenvalue weighted by Crippen LogP contribution is 2.39. The summed E-state index contributed by atoms with van der Waals surface area (Å²) < 4.78 is 38.0. The van der Waals surface area contributed by atoms with E-state index in [0.29, 0.717) is 18.4 Å². The zero-order valence-electron chi connectivity index (χ0n) is 28.3. The summed E-state index contributed by atoms with van der Waals surface area (Å²) in [5.41, 5.74) is 18.8. The lowest BCUT2D eigenvalue weighted by Crippen LogP contribution is -2.61. The maximum absolute atomic E-state index is 13.4. The van der Waals surface area contributed by atoms with Crippen LogP contribution in [-0.2, 0) is 38.0 Å². The fourth-order valence-corrected chi connectivity index (χ4v) is 6.80. The van der Waals surface area contributed by atoms with Crippen molar-refractivity contribution in [3.05, 3.63) is 56.8 Å². The van der Waals surface area contributed by atoms with E-state index in [-0.39, 0.29) is 24.3 Å². The Morgan fingerprint density at radius 1 is 0.792 bits per heavy atom. The van der Waals surface area contributed by atoms with Crippen molar-refractivity contribution >= 4 is 12.1 Å². The van der Waals surface area contributed by atoms with Gasteiger partial charge in [0.2, 0.25) is 0 Å². The van der Waals surface area contributed by atoms with E-state index >= 15 is 0 Å². The van der Waals surface area contributed by atoms with E-state index in [1.54, 1.807) is 31.2 Å².